The van der Waals surface area contributed by atoms with Crippen LogP contribution in [0.4, 0.5) is 0 Å². The topological polar surface area (TPSA) is 105 Å². The van der Waals surface area contributed by atoms with Crippen LogP contribution in [-0.2, 0) is 27.2 Å². The van der Waals surface area contributed by atoms with Crippen LogP contribution in [0.5, 0.6) is 5.75 Å². The Morgan fingerprint density at radius 2 is 2.09 bits per heavy atom. The van der Waals surface area contributed by atoms with Crippen molar-refractivity contribution in [2.45, 2.75) is 76.2 Å². The molecule has 0 unspecified atom stereocenters. The summed E-state index contributed by atoms with van der Waals surface area (Å²) in [6, 6.07) is 5.90. The molecule has 2 aliphatic carbocycles. The van der Waals surface area contributed by atoms with Crippen LogP contribution in [0.1, 0.15) is 50.2 Å². The van der Waals surface area contributed by atoms with Crippen LogP contribution >= 0.6 is 0 Å². The normalized spacial score (nSPS) is 24.4. The molecule has 3 N–H and O–H groups in total. The monoisotopic (exact) mass is 458 g/mol. The summed E-state index contributed by atoms with van der Waals surface area (Å²) in [5, 5.41) is 23.5. The summed E-state index contributed by atoms with van der Waals surface area (Å²) in [5.41, 5.74) is 2.30. The Labute approximate surface area is 197 Å². The predicted molar refractivity (Wildman–Crippen MR) is 126 cm³/mol. The molecule has 1 radical (unpaired) electrons. The number of aliphatic hydroxyl groups is 2. The van der Waals surface area contributed by atoms with Crippen molar-refractivity contribution in [2.75, 3.05) is 20.3 Å². The van der Waals surface area contributed by atoms with Crippen LogP contribution in [0.2, 0.25) is 12.1 Å². The molecule has 1 saturated carbocycles. The van der Waals surface area contributed by atoms with Gasteiger partial charge in [0.05, 0.1) is 13.2 Å². The van der Waals surface area contributed by atoms with Crippen molar-refractivity contribution < 1.29 is 29.3 Å². The lowest BCUT2D eigenvalue weighted by Gasteiger charge is -2.32. The summed E-state index contributed by atoms with van der Waals surface area (Å²) in [6.45, 7) is 1.81. The first-order chi connectivity index (χ1) is 15.9. The zero-order valence-electron chi connectivity index (χ0n) is 19.8. The van der Waals surface area contributed by atoms with Gasteiger partial charge in [0.15, 0.2) is 6.61 Å². The quantitative estimate of drug-likeness (QED) is 0.252. The molecule has 3 rings (SSSR count). The molecule has 0 heterocycles. The molecule has 7 nitrogen and oxygen atoms in total. The molecular formula is C25H37BNO6. The van der Waals surface area contributed by atoms with Gasteiger partial charge in [-0.05, 0) is 60.5 Å². The van der Waals surface area contributed by atoms with Crippen LogP contribution in [-0.4, -0.2) is 61.8 Å². The Morgan fingerprint density at radius 3 is 2.85 bits per heavy atom. The first-order valence-electron chi connectivity index (χ1n) is 12.2. The van der Waals surface area contributed by atoms with Gasteiger partial charge in [-0.25, -0.2) is 0 Å². The number of nitrogens with one attached hydrogen (secondary N) is 1. The van der Waals surface area contributed by atoms with E-state index in [4.69, 9.17) is 4.74 Å². The zero-order valence-corrected chi connectivity index (χ0v) is 19.8. The van der Waals surface area contributed by atoms with E-state index in [1.165, 1.54) is 12.7 Å². The lowest BCUT2D eigenvalue weighted by molar-refractivity contribution is -0.141. The molecule has 1 fully saturated rings. The largest absolute Gasteiger partial charge is 0.483 e. The number of benzene rings is 1. The first kappa shape index (κ1) is 25.6. The SMILES string of the molecule is CCCCC[C@H](O)C[B][C@@H]1[C@H]2Cc3cccc(OCC(=O)NCC(=O)OC)c3C[C@H]2C[C@H]1O. The van der Waals surface area contributed by atoms with Gasteiger partial charge in [-0.15, -0.1) is 0 Å². The van der Waals surface area contributed by atoms with E-state index < -0.39 is 5.97 Å². The summed E-state index contributed by atoms with van der Waals surface area (Å²) in [4.78, 5) is 23.2. The summed E-state index contributed by atoms with van der Waals surface area (Å²) >= 11 is 0. The number of carbonyl (C=O) groups is 2. The van der Waals surface area contributed by atoms with E-state index in [1.807, 2.05) is 12.1 Å². The maximum absolute atomic E-state index is 12.0. The number of unbranched alkanes of at least 4 members (excludes halogenated alkanes) is 2. The van der Waals surface area contributed by atoms with Crippen molar-refractivity contribution >= 4 is 19.2 Å². The maximum Gasteiger partial charge on any atom is 0.325 e. The minimum atomic E-state index is -0.508. The molecule has 1 aromatic rings. The number of rotatable bonds is 12. The molecule has 33 heavy (non-hydrogen) atoms. The number of carbonyl (C=O) groups excluding carboxylic acids is 2. The zero-order chi connectivity index (χ0) is 23.8. The lowest BCUT2D eigenvalue weighted by Crippen LogP contribution is -2.34. The van der Waals surface area contributed by atoms with Crippen molar-refractivity contribution in [1.82, 2.24) is 5.32 Å². The van der Waals surface area contributed by atoms with Crippen LogP contribution in [0.3, 0.4) is 0 Å². The molecule has 0 bridgehead atoms. The minimum Gasteiger partial charge on any atom is -0.483 e. The van der Waals surface area contributed by atoms with Crippen LogP contribution in [0, 0.1) is 11.8 Å². The third kappa shape index (κ3) is 6.96. The number of esters is 1. The van der Waals surface area contributed by atoms with Gasteiger partial charge in [0, 0.05) is 6.10 Å². The Balaban J connectivity index is 1.57. The highest BCUT2D eigenvalue weighted by Crippen LogP contribution is 2.49. The fourth-order valence-electron chi connectivity index (χ4n) is 5.30. The van der Waals surface area contributed by atoms with Gasteiger partial charge >= 0.3 is 5.97 Å². The number of ether oxygens (including phenoxy) is 2. The molecule has 0 saturated heterocycles. The van der Waals surface area contributed by atoms with Gasteiger partial charge in [0.1, 0.15) is 19.6 Å². The molecule has 181 valence electrons. The molecule has 1 amide bonds. The average molecular weight is 458 g/mol. The number of hydrogen-bond acceptors (Lipinski definition) is 6. The van der Waals surface area contributed by atoms with E-state index in [0.717, 1.165) is 50.5 Å². The summed E-state index contributed by atoms with van der Waals surface area (Å²) in [7, 11) is 3.43. The highest BCUT2D eigenvalue weighted by atomic mass is 16.5. The van der Waals surface area contributed by atoms with Crippen molar-refractivity contribution in [3.63, 3.8) is 0 Å². The van der Waals surface area contributed by atoms with Crippen molar-refractivity contribution in [1.29, 1.82) is 0 Å². The van der Waals surface area contributed by atoms with E-state index in [1.54, 1.807) is 0 Å². The van der Waals surface area contributed by atoms with E-state index in [9.17, 15) is 19.8 Å². The number of amides is 1. The van der Waals surface area contributed by atoms with Crippen molar-refractivity contribution in [2.24, 2.45) is 11.8 Å². The maximum atomic E-state index is 12.0. The Morgan fingerprint density at radius 1 is 1.27 bits per heavy atom. The Bertz CT molecular complexity index is 803. The summed E-state index contributed by atoms with van der Waals surface area (Å²) in [5.74, 6) is 0.601. The van der Waals surface area contributed by atoms with Crippen LogP contribution in [0.15, 0.2) is 18.2 Å². The molecule has 5 atom stereocenters. The third-order valence-electron chi connectivity index (χ3n) is 7.08. The standard InChI is InChI=1S/C25H37BNO6/c1-3-4-5-8-18(28)13-26-25-20-10-16-7-6-9-22(19(16)11-17(20)12-21(25)29)33-15-23(30)27-14-24(31)32-2/h6-7,9,17-18,20-21,25,28-29H,3-5,8,10-15H2,1-2H3,(H,27,30)/t17-,18-,20-,21+,25+/m0/s1. The fraction of sp³-hybridized carbons (Fsp3) is 0.680. The molecule has 0 spiro atoms. The van der Waals surface area contributed by atoms with Crippen molar-refractivity contribution in [3.8, 4) is 5.75 Å². The summed E-state index contributed by atoms with van der Waals surface area (Å²) < 4.78 is 10.3. The number of fused-ring (bicyclic) bond motifs is 2. The highest BCUT2D eigenvalue weighted by molar-refractivity contribution is 6.38. The lowest BCUT2D eigenvalue weighted by atomic mass is 9.54. The second-order valence-electron chi connectivity index (χ2n) is 9.37. The first-order valence-corrected chi connectivity index (χ1v) is 12.2. The number of aliphatic hydroxyl groups excluding tert-OH is 2. The van der Waals surface area contributed by atoms with E-state index in [2.05, 4.69) is 30.3 Å². The van der Waals surface area contributed by atoms with Gasteiger partial charge in [0.25, 0.3) is 5.91 Å². The van der Waals surface area contributed by atoms with Crippen LogP contribution in [0.25, 0.3) is 0 Å². The van der Waals surface area contributed by atoms with E-state index in [0.29, 0.717) is 23.9 Å². The minimum absolute atomic E-state index is 0.0950. The fourth-order valence-corrected chi connectivity index (χ4v) is 5.30. The second-order valence-corrected chi connectivity index (χ2v) is 9.37. The number of methoxy groups -OCH3 is 1. The smallest absolute Gasteiger partial charge is 0.325 e. The third-order valence-corrected chi connectivity index (χ3v) is 7.08. The van der Waals surface area contributed by atoms with Gasteiger partial charge in [-0.2, -0.15) is 0 Å². The molecule has 2 aliphatic rings. The van der Waals surface area contributed by atoms with E-state index >= 15 is 0 Å². The molecule has 0 aliphatic heterocycles. The predicted octanol–water partition coefficient (Wildman–Crippen LogP) is 2.30. The van der Waals surface area contributed by atoms with Crippen molar-refractivity contribution in [3.05, 3.63) is 29.3 Å². The highest BCUT2D eigenvalue weighted by Gasteiger charge is 2.44. The van der Waals surface area contributed by atoms with Gasteiger partial charge in [0.2, 0.25) is 0 Å². The van der Waals surface area contributed by atoms with Gasteiger partial charge in [-0.3, -0.25) is 9.59 Å². The van der Waals surface area contributed by atoms with Crippen LogP contribution < -0.4 is 10.1 Å². The molecular weight excluding hydrogens is 421 g/mol. The second kappa shape index (κ2) is 12.4. The van der Waals surface area contributed by atoms with Gasteiger partial charge in [-0.1, -0.05) is 44.6 Å². The number of hydrogen-bond donors (Lipinski definition) is 3. The van der Waals surface area contributed by atoms with Gasteiger partial charge < -0.3 is 25.0 Å². The molecule has 8 heteroatoms. The molecule has 0 aromatic heterocycles. The average Bonchev–Trinajstić information content (AvgIpc) is 3.12. The Kier molecular flexibility index (Phi) is 9.62. The Hall–Kier alpha value is -2.06. The van der Waals surface area contributed by atoms with E-state index in [-0.39, 0.29) is 37.1 Å². The summed E-state index contributed by atoms with van der Waals surface area (Å²) in [6.07, 6.45) is 6.47. The molecule has 1 aromatic carbocycles.